The van der Waals surface area contributed by atoms with Crippen molar-refractivity contribution < 1.29 is 23.5 Å². The van der Waals surface area contributed by atoms with Gasteiger partial charge in [-0.25, -0.2) is 4.39 Å². The van der Waals surface area contributed by atoms with Crippen LogP contribution in [-0.2, 0) is 32.0 Å². The highest BCUT2D eigenvalue weighted by Gasteiger charge is 2.36. The fraction of sp³-hybridized carbons (Fsp3) is 0.348. The maximum Gasteiger partial charge on any atom is 0.311 e. The highest BCUT2D eigenvalue weighted by atomic mass is 19.1. The van der Waals surface area contributed by atoms with Crippen LogP contribution in [0.5, 0.6) is 0 Å². The van der Waals surface area contributed by atoms with Crippen LogP contribution in [0.25, 0.3) is 0 Å². The van der Waals surface area contributed by atoms with Gasteiger partial charge in [-0.15, -0.1) is 0 Å². The second kappa shape index (κ2) is 10.0. The van der Waals surface area contributed by atoms with Gasteiger partial charge in [-0.1, -0.05) is 37.3 Å². The van der Waals surface area contributed by atoms with E-state index < -0.39 is 24.4 Å². The molecule has 1 fully saturated rings. The van der Waals surface area contributed by atoms with Crippen molar-refractivity contribution in [3.8, 4) is 0 Å². The maximum absolute atomic E-state index is 12.9. The van der Waals surface area contributed by atoms with Crippen LogP contribution < -0.4 is 10.2 Å². The van der Waals surface area contributed by atoms with E-state index in [-0.39, 0.29) is 24.7 Å². The van der Waals surface area contributed by atoms with Crippen molar-refractivity contribution >= 4 is 23.5 Å². The predicted octanol–water partition coefficient (Wildman–Crippen LogP) is 2.64. The molecule has 2 aromatic carbocycles. The Bertz CT molecular complexity index is 914. The van der Waals surface area contributed by atoms with Crippen molar-refractivity contribution in [2.45, 2.75) is 26.2 Å². The summed E-state index contributed by atoms with van der Waals surface area (Å²) >= 11 is 0. The summed E-state index contributed by atoms with van der Waals surface area (Å²) < 4.78 is 18.0. The highest BCUT2D eigenvalue weighted by molar-refractivity contribution is 6.00. The van der Waals surface area contributed by atoms with E-state index in [4.69, 9.17) is 4.74 Å². The normalized spacial score (nSPS) is 15.9. The summed E-state index contributed by atoms with van der Waals surface area (Å²) in [6.45, 7) is 2.23. The standard InChI is InChI=1S/C23H25FN2O4/c1-2-17-5-3-4-6-20(17)26-14-18(13-22(26)28)23(29)30-15-21(27)25-12-11-16-7-9-19(24)10-8-16/h3-10,18H,2,11-15H2,1H3,(H,25,27)/t18-/m0/s1. The minimum absolute atomic E-state index is 0.0725. The van der Waals surface area contributed by atoms with Gasteiger partial charge >= 0.3 is 5.97 Å². The Balaban J connectivity index is 1.44. The number of anilines is 1. The Hall–Kier alpha value is -3.22. The number of nitrogens with zero attached hydrogens (tertiary/aromatic N) is 1. The number of carbonyl (C=O) groups is 3. The van der Waals surface area contributed by atoms with Gasteiger partial charge in [-0.05, 0) is 42.2 Å². The summed E-state index contributed by atoms with van der Waals surface area (Å²) in [4.78, 5) is 38.3. The van der Waals surface area contributed by atoms with E-state index in [1.807, 2.05) is 31.2 Å². The second-order valence-corrected chi connectivity index (χ2v) is 7.22. The number of rotatable bonds is 8. The van der Waals surface area contributed by atoms with Crippen LogP contribution in [0, 0.1) is 11.7 Å². The van der Waals surface area contributed by atoms with Crippen LogP contribution in [-0.4, -0.2) is 37.5 Å². The molecule has 1 heterocycles. The van der Waals surface area contributed by atoms with Gasteiger partial charge in [0.05, 0.1) is 5.92 Å². The maximum atomic E-state index is 12.9. The number of benzene rings is 2. The van der Waals surface area contributed by atoms with Gasteiger partial charge in [-0.3, -0.25) is 14.4 Å². The average Bonchev–Trinajstić information content (AvgIpc) is 3.15. The number of nitrogens with one attached hydrogen (secondary N) is 1. The Kier molecular flexibility index (Phi) is 7.17. The minimum Gasteiger partial charge on any atom is -0.455 e. The molecular formula is C23H25FN2O4. The lowest BCUT2D eigenvalue weighted by molar-refractivity contribution is -0.152. The molecule has 0 bridgehead atoms. The van der Waals surface area contributed by atoms with Gasteiger partial charge < -0.3 is 15.0 Å². The lowest BCUT2D eigenvalue weighted by atomic mass is 10.1. The molecule has 2 aromatic rings. The van der Waals surface area contributed by atoms with E-state index in [1.54, 1.807) is 17.0 Å². The third-order valence-electron chi connectivity index (χ3n) is 5.12. The Labute approximate surface area is 175 Å². The lowest BCUT2D eigenvalue weighted by Crippen LogP contribution is -2.32. The minimum atomic E-state index is -0.588. The van der Waals surface area contributed by atoms with E-state index in [1.165, 1.54) is 12.1 Å². The van der Waals surface area contributed by atoms with Crippen LogP contribution in [0.4, 0.5) is 10.1 Å². The molecule has 1 aliphatic heterocycles. The van der Waals surface area contributed by atoms with E-state index in [2.05, 4.69) is 5.32 Å². The lowest BCUT2D eigenvalue weighted by Gasteiger charge is -2.19. The topological polar surface area (TPSA) is 75.7 Å². The molecule has 0 aromatic heterocycles. The zero-order chi connectivity index (χ0) is 21.5. The summed E-state index contributed by atoms with van der Waals surface area (Å²) in [6, 6.07) is 13.7. The van der Waals surface area contributed by atoms with Crippen molar-refractivity contribution in [1.82, 2.24) is 5.32 Å². The summed E-state index contributed by atoms with van der Waals surface area (Å²) in [5.41, 5.74) is 2.75. The molecule has 30 heavy (non-hydrogen) atoms. The molecule has 6 nitrogen and oxygen atoms in total. The van der Waals surface area contributed by atoms with Gasteiger partial charge in [0.1, 0.15) is 5.82 Å². The van der Waals surface area contributed by atoms with Gasteiger partial charge in [0.2, 0.25) is 5.91 Å². The van der Waals surface area contributed by atoms with Crippen LogP contribution in [0.15, 0.2) is 48.5 Å². The monoisotopic (exact) mass is 412 g/mol. The van der Waals surface area contributed by atoms with Crippen molar-refractivity contribution in [1.29, 1.82) is 0 Å². The number of esters is 1. The second-order valence-electron chi connectivity index (χ2n) is 7.22. The third kappa shape index (κ3) is 5.43. The number of amides is 2. The number of ether oxygens (including phenoxy) is 1. The SMILES string of the molecule is CCc1ccccc1N1C[C@@H](C(=O)OCC(=O)NCCc2ccc(F)cc2)CC1=O. The van der Waals surface area contributed by atoms with E-state index in [0.717, 1.165) is 23.2 Å². The Morgan fingerprint density at radius 2 is 1.90 bits per heavy atom. The molecule has 1 saturated heterocycles. The molecule has 3 rings (SSSR count). The summed E-state index contributed by atoms with van der Waals surface area (Å²) in [5, 5.41) is 2.66. The average molecular weight is 412 g/mol. The van der Waals surface area contributed by atoms with Gasteiger partial charge in [0.15, 0.2) is 6.61 Å². The largest absolute Gasteiger partial charge is 0.455 e. The zero-order valence-corrected chi connectivity index (χ0v) is 16.9. The first-order valence-electron chi connectivity index (χ1n) is 10.0. The molecule has 1 aliphatic rings. The molecule has 0 spiro atoms. The van der Waals surface area contributed by atoms with Crippen LogP contribution >= 0.6 is 0 Å². The summed E-state index contributed by atoms with van der Waals surface area (Å²) in [7, 11) is 0. The first kappa shape index (κ1) is 21.5. The number of para-hydroxylation sites is 1. The van der Waals surface area contributed by atoms with E-state index >= 15 is 0 Å². The fourth-order valence-corrected chi connectivity index (χ4v) is 3.47. The van der Waals surface area contributed by atoms with Crippen molar-refractivity contribution in [2.75, 3.05) is 24.6 Å². The fourth-order valence-electron chi connectivity index (χ4n) is 3.47. The first-order chi connectivity index (χ1) is 14.5. The first-order valence-corrected chi connectivity index (χ1v) is 10.0. The van der Waals surface area contributed by atoms with Crippen LogP contribution in [0.3, 0.4) is 0 Å². The summed E-state index contributed by atoms with van der Waals surface area (Å²) in [6.07, 6.45) is 1.40. The van der Waals surface area contributed by atoms with Crippen molar-refractivity contribution in [3.05, 3.63) is 65.5 Å². The quantitative estimate of drug-likeness (QED) is 0.677. The Morgan fingerprint density at radius 1 is 1.17 bits per heavy atom. The number of aryl methyl sites for hydroxylation is 1. The molecule has 0 unspecified atom stereocenters. The van der Waals surface area contributed by atoms with Crippen LogP contribution in [0.2, 0.25) is 0 Å². The Morgan fingerprint density at radius 3 is 2.63 bits per heavy atom. The van der Waals surface area contributed by atoms with Crippen molar-refractivity contribution in [3.63, 3.8) is 0 Å². The number of halogens is 1. The van der Waals surface area contributed by atoms with E-state index in [0.29, 0.717) is 13.0 Å². The number of carbonyl (C=O) groups excluding carboxylic acids is 3. The smallest absolute Gasteiger partial charge is 0.311 e. The molecule has 158 valence electrons. The van der Waals surface area contributed by atoms with Gasteiger partial charge in [0.25, 0.3) is 5.91 Å². The predicted molar refractivity (Wildman–Crippen MR) is 110 cm³/mol. The molecular weight excluding hydrogens is 387 g/mol. The van der Waals surface area contributed by atoms with E-state index in [9.17, 15) is 18.8 Å². The number of hydrogen-bond donors (Lipinski definition) is 1. The van der Waals surface area contributed by atoms with Crippen molar-refractivity contribution in [2.24, 2.45) is 5.92 Å². The number of hydrogen-bond acceptors (Lipinski definition) is 4. The molecule has 2 amide bonds. The summed E-state index contributed by atoms with van der Waals surface area (Å²) in [5.74, 6) is -1.98. The molecule has 0 saturated carbocycles. The molecule has 0 radical (unpaired) electrons. The highest BCUT2D eigenvalue weighted by Crippen LogP contribution is 2.29. The zero-order valence-electron chi connectivity index (χ0n) is 16.9. The molecule has 7 heteroatoms. The van der Waals surface area contributed by atoms with Gasteiger partial charge in [-0.2, -0.15) is 0 Å². The molecule has 0 aliphatic carbocycles. The third-order valence-corrected chi connectivity index (χ3v) is 5.12. The molecule has 1 N–H and O–H groups in total. The van der Waals surface area contributed by atoms with Crippen LogP contribution in [0.1, 0.15) is 24.5 Å². The molecule has 1 atom stereocenters. The van der Waals surface area contributed by atoms with Gasteiger partial charge in [0, 0.05) is 25.2 Å².